The maximum Gasteiger partial charge on any atom is 0.238 e. The van der Waals surface area contributed by atoms with Crippen LogP contribution >= 0.6 is 0 Å². The minimum atomic E-state index is -0.169. The van der Waals surface area contributed by atoms with E-state index in [2.05, 4.69) is 16.6 Å². The van der Waals surface area contributed by atoms with Crippen molar-refractivity contribution in [2.75, 3.05) is 13.7 Å². The highest BCUT2D eigenvalue weighted by molar-refractivity contribution is 5.82. The normalized spacial score (nSPS) is 27.0. The Morgan fingerprint density at radius 1 is 1.80 bits per heavy atom. The van der Waals surface area contributed by atoms with E-state index in [9.17, 15) is 4.79 Å². The molecule has 1 saturated heterocycles. The molecule has 0 aromatic heterocycles. The van der Waals surface area contributed by atoms with Gasteiger partial charge in [-0.05, 0) is 12.8 Å². The van der Waals surface area contributed by atoms with Crippen molar-refractivity contribution in [2.45, 2.75) is 38.0 Å². The fourth-order valence-corrected chi connectivity index (χ4v) is 1.62. The highest BCUT2D eigenvalue weighted by atomic mass is 16.5. The summed E-state index contributed by atoms with van der Waals surface area (Å²) in [6.07, 6.45) is 6.87. The molecule has 0 spiro atoms. The van der Waals surface area contributed by atoms with Gasteiger partial charge in [-0.2, -0.15) is 0 Å². The van der Waals surface area contributed by atoms with Crippen LogP contribution in [0, 0.1) is 12.3 Å². The van der Waals surface area contributed by atoms with E-state index >= 15 is 0 Å². The monoisotopic (exact) mass is 210 g/mol. The molecule has 1 heterocycles. The minimum absolute atomic E-state index is 0.0284. The van der Waals surface area contributed by atoms with Gasteiger partial charge in [-0.3, -0.25) is 4.79 Å². The first-order chi connectivity index (χ1) is 7.21. The third-order valence-electron chi connectivity index (χ3n) is 2.67. The van der Waals surface area contributed by atoms with Crippen molar-refractivity contribution in [3.63, 3.8) is 0 Å². The molecule has 0 bridgehead atoms. The van der Waals surface area contributed by atoms with Crippen LogP contribution in [-0.2, 0) is 9.53 Å². The lowest BCUT2D eigenvalue weighted by Gasteiger charge is -2.15. The Morgan fingerprint density at radius 3 is 3.00 bits per heavy atom. The van der Waals surface area contributed by atoms with Gasteiger partial charge in [-0.15, -0.1) is 6.42 Å². The number of hydrogen-bond donors (Lipinski definition) is 2. The van der Waals surface area contributed by atoms with Crippen LogP contribution in [0.1, 0.15) is 19.8 Å². The summed E-state index contributed by atoms with van der Waals surface area (Å²) >= 11 is 0. The molecule has 0 aromatic rings. The Balaban J connectivity index is 2.39. The van der Waals surface area contributed by atoms with E-state index in [1.54, 1.807) is 7.11 Å². The first-order valence-corrected chi connectivity index (χ1v) is 5.24. The van der Waals surface area contributed by atoms with Crippen molar-refractivity contribution in [1.29, 1.82) is 0 Å². The lowest BCUT2D eigenvalue weighted by Crippen LogP contribution is -2.44. The number of ether oxygens (including phenoxy) is 1. The van der Waals surface area contributed by atoms with Gasteiger partial charge in [0.25, 0.3) is 0 Å². The predicted molar refractivity (Wildman–Crippen MR) is 58.3 cm³/mol. The average molecular weight is 210 g/mol. The molecule has 1 aliphatic heterocycles. The number of hydrogen-bond acceptors (Lipinski definition) is 3. The van der Waals surface area contributed by atoms with Crippen molar-refractivity contribution < 1.29 is 9.53 Å². The molecule has 15 heavy (non-hydrogen) atoms. The predicted octanol–water partition coefficient (Wildman–Crippen LogP) is -0.109. The minimum Gasteiger partial charge on any atom is -0.380 e. The quantitative estimate of drug-likeness (QED) is 0.637. The van der Waals surface area contributed by atoms with E-state index in [-0.39, 0.29) is 24.1 Å². The highest BCUT2D eigenvalue weighted by Crippen LogP contribution is 2.09. The van der Waals surface area contributed by atoms with Gasteiger partial charge >= 0.3 is 0 Å². The van der Waals surface area contributed by atoms with Gasteiger partial charge in [-0.1, -0.05) is 12.8 Å². The molecule has 4 heteroatoms. The van der Waals surface area contributed by atoms with Crippen molar-refractivity contribution >= 4 is 5.91 Å². The summed E-state index contributed by atoms with van der Waals surface area (Å²) in [5, 5.41) is 5.92. The van der Waals surface area contributed by atoms with Gasteiger partial charge in [0, 0.05) is 13.7 Å². The molecule has 1 fully saturated rings. The van der Waals surface area contributed by atoms with Crippen LogP contribution in [-0.4, -0.2) is 37.7 Å². The molecule has 4 nitrogen and oxygen atoms in total. The zero-order chi connectivity index (χ0) is 11.3. The maximum atomic E-state index is 11.7. The van der Waals surface area contributed by atoms with Crippen LogP contribution in [0.4, 0.5) is 0 Å². The van der Waals surface area contributed by atoms with Gasteiger partial charge < -0.3 is 15.4 Å². The molecule has 84 valence electrons. The van der Waals surface area contributed by atoms with Crippen molar-refractivity contribution in [3.8, 4) is 12.3 Å². The van der Waals surface area contributed by atoms with Crippen LogP contribution in [0.5, 0.6) is 0 Å². The smallest absolute Gasteiger partial charge is 0.238 e. The summed E-state index contributed by atoms with van der Waals surface area (Å²) in [7, 11) is 1.66. The number of carbonyl (C=O) groups excluding carboxylic acids is 1. The van der Waals surface area contributed by atoms with Crippen LogP contribution in [0.15, 0.2) is 0 Å². The SMILES string of the molecule is C#CC(CC)NC(=O)C1CC(OC)CN1. The molecule has 0 saturated carbocycles. The van der Waals surface area contributed by atoms with Gasteiger partial charge in [0.05, 0.1) is 18.2 Å². The molecule has 3 atom stereocenters. The molecule has 2 N–H and O–H groups in total. The van der Waals surface area contributed by atoms with E-state index in [0.717, 1.165) is 13.0 Å². The van der Waals surface area contributed by atoms with Gasteiger partial charge in [-0.25, -0.2) is 0 Å². The lowest BCUT2D eigenvalue weighted by molar-refractivity contribution is -0.123. The Labute approximate surface area is 90.8 Å². The zero-order valence-electron chi connectivity index (χ0n) is 9.25. The van der Waals surface area contributed by atoms with Crippen molar-refractivity contribution in [3.05, 3.63) is 0 Å². The van der Waals surface area contributed by atoms with Gasteiger partial charge in [0.1, 0.15) is 0 Å². The second kappa shape index (κ2) is 5.74. The fraction of sp³-hybridized carbons (Fsp3) is 0.727. The fourth-order valence-electron chi connectivity index (χ4n) is 1.62. The van der Waals surface area contributed by atoms with Crippen LogP contribution in [0.2, 0.25) is 0 Å². The van der Waals surface area contributed by atoms with Crippen LogP contribution in [0.25, 0.3) is 0 Å². The summed E-state index contributed by atoms with van der Waals surface area (Å²) < 4.78 is 5.17. The second-order valence-electron chi connectivity index (χ2n) is 3.69. The van der Waals surface area contributed by atoms with Crippen LogP contribution in [0.3, 0.4) is 0 Å². The maximum absolute atomic E-state index is 11.7. The first-order valence-electron chi connectivity index (χ1n) is 5.24. The zero-order valence-corrected chi connectivity index (χ0v) is 9.25. The molecule has 1 rings (SSSR count). The highest BCUT2D eigenvalue weighted by Gasteiger charge is 2.29. The number of carbonyl (C=O) groups is 1. The van der Waals surface area contributed by atoms with E-state index in [0.29, 0.717) is 6.42 Å². The van der Waals surface area contributed by atoms with Gasteiger partial charge in [0.2, 0.25) is 5.91 Å². The lowest BCUT2D eigenvalue weighted by atomic mass is 10.1. The van der Waals surface area contributed by atoms with E-state index in [4.69, 9.17) is 11.2 Å². The summed E-state index contributed by atoms with van der Waals surface area (Å²) in [6.45, 7) is 2.67. The molecule has 3 unspecified atom stereocenters. The Kier molecular flexibility index (Phi) is 4.60. The second-order valence-corrected chi connectivity index (χ2v) is 3.69. The molecule has 0 radical (unpaired) electrons. The summed E-state index contributed by atoms with van der Waals surface area (Å²) in [4.78, 5) is 11.7. The van der Waals surface area contributed by atoms with E-state index in [1.165, 1.54) is 0 Å². The first kappa shape index (κ1) is 12.0. The molecule has 1 amide bonds. The van der Waals surface area contributed by atoms with Crippen molar-refractivity contribution in [1.82, 2.24) is 10.6 Å². The van der Waals surface area contributed by atoms with Crippen LogP contribution < -0.4 is 10.6 Å². The molecular weight excluding hydrogens is 192 g/mol. The number of rotatable bonds is 4. The largest absolute Gasteiger partial charge is 0.380 e. The summed E-state index contributed by atoms with van der Waals surface area (Å²) in [5.41, 5.74) is 0. The Morgan fingerprint density at radius 2 is 2.53 bits per heavy atom. The molecular formula is C11H18N2O2. The molecule has 1 aliphatic rings. The number of nitrogens with one attached hydrogen (secondary N) is 2. The summed E-state index contributed by atoms with van der Waals surface area (Å²) in [6, 6.07) is -0.335. The number of amides is 1. The van der Waals surface area contributed by atoms with Crippen molar-refractivity contribution in [2.24, 2.45) is 0 Å². The number of methoxy groups -OCH3 is 1. The van der Waals surface area contributed by atoms with E-state index in [1.807, 2.05) is 6.92 Å². The number of terminal acetylenes is 1. The average Bonchev–Trinajstić information content (AvgIpc) is 2.74. The van der Waals surface area contributed by atoms with Gasteiger partial charge in [0.15, 0.2) is 0 Å². The molecule has 0 aliphatic carbocycles. The summed E-state index contributed by atoms with van der Waals surface area (Å²) in [5.74, 6) is 2.51. The molecule has 0 aromatic carbocycles. The Hall–Kier alpha value is -1.05. The topological polar surface area (TPSA) is 50.4 Å². The third kappa shape index (κ3) is 3.22. The third-order valence-corrected chi connectivity index (χ3v) is 2.67. The van der Waals surface area contributed by atoms with E-state index < -0.39 is 0 Å². The Bertz CT molecular complexity index is 260. The standard InChI is InChI=1S/C11H18N2O2/c1-4-8(5-2)13-11(14)10-6-9(15-3)7-12-10/h1,8-10,12H,5-7H2,2-3H3,(H,13,14).